The molecule has 0 aromatic carbocycles. The number of esters is 1. The number of hydrogen-bond donors (Lipinski definition) is 1. The van der Waals surface area contributed by atoms with Crippen molar-refractivity contribution in [2.24, 2.45) is 0 Å². The van der Waals surface area contributed by atoms with Crippen LogP contribution in [0.2, 0.25) is 0 Å². The van der Waals surface area contributed by atoms with Crippen LogP contribution in [0.15, 0.2) is 12.7 Å². The molecular weight excluding hydrogens is 294 g/mol. The van der Waals surface area contributed by atoms with E-state index in [0.717, 1.165) is 11.8 Å². The molecule has 0 aromatic rings. The maximum atomic E-state index is 11.9. The topological polar surface area (TPSA) is 81.7 Å². The Kier molecular flexibility index (Phi) is 8.76. The van der Waals surface area contributed by atoms with Gasteiger partial charge >= 0.3 is 12.1 Å². The Hall–Kier alpha value is -1.50. The van der Waals surface area contributed by atoms with E-state index in [2.05, 4.69) is 11.9 Å². The van der Waals surface area contributed by atoms with Crippen LogP contribution in [0.5, 0.6) is 0 Å². The Labute approximate surface area is 129 Å². The van der Waals surface area contributed by atoms with Crippen molar-refractivity contribution in [3.63, 3.8) is 0 Å². The van der Waals surface area contributed by atoms with Crippen LogP contribution in [-0.4, -0.2) is 41.2 Å². The number of rotatable bonds is 7. The number of thioether (sulfide) groups is 1. The zero-order chi connectivity index (χ0) is 16.5. The predicted octanol–water partition coefficient (Wildman–Crippen LogP) is 2.28. The van der Waals surface area contributed by atoms with Crippen molar-refractivity contribution < 1.29 is 23.9 Å². The number of hydrogen-bond acceptors (Lipinski definition) is 6. The van der Waals surface area contributed by atoms with Crippen molar-refractivity contribution in [3.8, 4) is 0 Å². The first-order valence-corrected chi connectivity index (χ1v) is 7.60. The van der Waals surface area contributed by atoms with E-state index in [-0.39, 0.29) is 18.1 Å². The summed E-state index contributed by atoms with van der Waals surface area (Å²) in [6, 6.07) is -0.970. The minimum Gasteiger partial charge on any atom is -0.461 e. The highest BCUT2D eigenvalue weighted by atomic mass is 32.2. The van der Waals surface area contributed by atoms with Crippen molar-refractivity contribution >= 4 is 28.9 Å². The van der Waals surface area contributed by atoms with Gasteiger partial charge in [0.25, 0.3) is 0 Å². The molecule has 0 aliphatic carbocycles. The van der Waals surface area contributed by atoms with Gasteiger partial charge in [-0.15, -0.1) is 0 Å². The highest BCUT2D eigenvalue weighted by Crippen LogP contribution is 2.11. The van der Waals surface area contributed by atoms with Gasteiger partial charge in [0.1, 0.15) is 18.2 Å². The summed E-state index contributed by atoms with van der Waals surface area (Å²) in [5, 5.41) is 2.10. The van der Waals surface area contributed by atoms with Crippen molar-refractivity contribution in [1.29, 1.82) is 0 Å². The van der Waals surface area contributed by atoms with Crippen molar-refractivity contribution in [2.45, 2.75) is 45.8 Å². The van der Waals surface area contributed by atoms with Crippen LogP contribution in [0.25, 0.3) is 0 Å². The van der Waals surface area contributed by atoms with Crippen LogP contribution in [-0.2, 0) is 19.1 Å². The Balaban J connectivity index is 4.66. The molecule has 120 valence electrons. The average Bonchev–Trinajstić information content (AvgIpc) is 2.33. The van der Waals surface area contributed by atoms with Crippen LogP contribution in [0.3, 0.4) is 0 Å². The van der Waals surface area contributed by atoms with Gasteiger partial charge in [-0.25, -0.2) is 4.79 Å². The number of amides is 1. The molecule has 0 spiro atoms. The predicted molar refractivity (Wildman–Crippen MR) is 82.1 cm³/mol. The zero-order valence-electron chi connectivity index (χ0n) is 12.9. The van der Waals surface area contributed by atoms with E-state index in [0.29, 0.717) is 5.75 Å². The second-order valence-corrected chi connectivity index (χ2v) is 6.40. The molecule has 0 aromatic heterocycles. The minimum absolute atomic E-state index is 0.0626. The quantitative estimate of drug-likeness (QED) is 0.573. The second-order valence-electron chi connectivity index (χ2n) is 5.13. The summed E-state index contributed by atoms with van der Waals surface area (Å²) in [6.45, 7) is 10.4. The second kappa shape index (κ2) is 9.44. The van der Waals surface area contributed by atoms with Gasteiger partial charge in [0.05, 0.1) is 6.42 Å². The first-order chi connectivity index (χ1) is 9.69. The Bertz CT molecular complexity index is 389. The fourth-order valence-electron chi connectivity index (χ4n) is 1.26. The SMILES string of the molecule is C=CCOC(=O)C[C@H](NC(=O)OC(C)(C)C)C(=O)SCC. The van der Waals surface area contributed by atoms with Crippen LogP contribution in [0, 0.1) is 0 Å². The fourth-order valence-corrected chi connectivity index (χ4v) is 1.89. The van der Waals surface area contributed by atoms with E-state index >= 15 is 0 Å². The minimum atomic E-state index is -0.970. The summed E-state index contributed by atoms with van der Waals surface area (Å²) in [5.74, 6) is -0.0337. The summed E-state index contributed by atoms with van der Waals surface area (Å²) in [5.41, 5.74) is -0.682. The molecule has 0 radical (unpaired) electrons. The number of carbonyl (C=O) groups is 3. The van der Waals surface area contributed by atoms with E-state index in [1.165, 1.54) is 6.08 Å². The first kappa shape index (κ1) is 19.5. The molecule has 7 heteroatoms. The average molecular weight is 317 g/mol. The largest absolute Gasteiger partial charge is 0.461 e. The van der Waals surface area contributed by atoms with E-state index in [1.807, 2.05) is 6.92 Å². The Morgan fingerprint density at radius 3 is 2.43 bits per heavy atom. The molecular formula is C14H23NO5S. The standard InChI is InChI=1S/C14H23NO5S/c1-6-8-19-11(16)9-10(12(17)21-7-2)15-13(18)20-14(3,4)5/h6,10H,1,7-9H2,2-5H3,(H,15,18)/t10-/m0/s1. The summed E-state index contributed by atoms with van der Waals surface area (Å²) in [6.07, 6.45) is 0.449. The van der Waals surface area contributed by atoms with Gasteiger partial charge in [0.15, 0.2) is 0 Å². The highest BCUT2D eigenvalue weighted by molar-refractivity contribution is 8.13. The number of alkyl carbamates (subject to hydrolysis) is 1. The molecule has 0 heterocycles. The molecule has 0 unspecified atom stereocenters. The van der Waals surface area contributed by atoms with Gasteiger partial charge in [-0.2, -0.15) is 0 Å². The lowest BCUT2D eigenvalue weighted by Gasteiger charge is -2.22. The summed E-state index contributed by atoms with van der Waals surface area (Å²) < 4.78 is 9.90. The molecule has 0 aliphatic rings. The summed E-state index contributed by atoms with van der Waals surface area (Å²) >= 11 is 1.03. The van der Waals surface area contributed by atoms with Crippen molar-refractivity contribution in [3.05, 3.63) is 12.7 Å². The third-order valence-electron chi connectivity index (χ3n) is 2.00. The normalized spacial score (nSPS) is 12.2. The lowest BCUT2D eigenvalue weighted by atomic mass is 10.2. The van der Waals surface area contributed by atoms with Gasteiger partial charge in [-0.1, -0.05) is 31.3 Å². The van der Waals surface area contributed by atoms with Crippen LogP contribution >= 0.6 is 11.8 Å². The van der Waals surface area contributed by atoms with Crippen molar-refractivity contribution in [2.75, 3.05) is 12.4 Å². The lowest BCUT2D eigenvalue weighted by Crippen LogP contribution is -2.44. The monoisotopic (exact) mass is 317 g/mol. The molecule has 1 atom stereocenters. The molecule has 0 fully saturated rings. The van der Waals surface area contributed by atoms with Gasteiger partial charge in [-0.05, 0) is 26.5 Å². The molecule has 6 nitrogen and oxygen atoms in total. The van der Waals surface area contributed by atoms with E-state index in [4.69, 9.17) is 9.47 Å². The Morgan fingerprint density at radius 2 is 1.95 bits per heavy atom. The van der Waals surface area contributed by atoms with Gasteiger partial charge in [0.2, 0.25) is 5.12 Å². The fraction of sp³-hybridized carbons (Fsp3) is 0.643. The highest BCUT2D eigenvalue weighted by Gasteiger charge is 2.27. The van der Waals surface area contributed by atoms with E-state index in [1.54, 1.807) is 20.8 Å². The van der Waals surface area contributed by atoms with Crippen LogP contribution < -0.4 is 5.32 Å². The first-order valence-electron chi connectivity index (χ1n) is 6.62. The molecule has 1 N–H and O–H groups in total. The number of carbonyl (C=O) groups excluding carboxylic acids is 3. The smallest absolute Gasteiger partial charge is 0.408 e. The number of ether oxygens (including phenoxy) is 2. The third-order valence-corrected chi connectivity index (χ3v) is 2.85. The third kappa shape index (κ3) is 9.95. The van der Waals surface area contributed by atoms with Gasteiger partial charge in [0, 0.05) is 0 Å². The van der Waals surface area contributed by atoms with Crippen LogP contribution in [0.4, 0.5) is 4.79 Å². The molecule has 21 heavy (non-hydrogen) atoms. The molecule has 0 bridgehead atoms. The van der Waals surface area contributed by atoms with Gasteiger partial charge < -0.3 is 14.8 Å². The molecule has 0 saturated carbocycles. The summed E-state index contributed by atoms with van der Waals surface area (Å²) in [4.78, 5) is 35.2. The maximum absolute atomic E-state index is 11.9. The molecule has 1 amide bonds. The van der Waals surface area contributed by atoms with E-state index < -0.39 is 23.7 Å². The Morgan fingerprint density at radius 1 is 1.33 bits per heavy atom. The molecule has 0 rings (SSSR count). The van der Waals surface area contributed by atoms with Crippen LogP contribution in [0.1, 0.15) is 34.1 Å². The van der Waals surface area contributed by atoms with Gasteiger partial charge in [-0.3, -0.25) is 9.59 Å². The molecule has 0 saturated heterocycles. The molecule has 0 aliphatic heterocycles. The number of nitrogens with one attached hydrogen (secondary N) is 1. The van der Waals surface area contributed by atoms with E-state index in [9.17, 15) is 14.4 Å². The summed E-state index contributed by atoms with van der Waals surface area (Å²) in [7, 11) is 0. The zero-order valence-corrected chi connectivity index (χ0v) is 13.7. The lowest BCUT2D eigenvalue weighted by molar-refractivity contribution is -0.143. The maximum Gasteiger partial charge on any atom is 0.408 e. The van der Waals surface area contributed by atoms with Crippen molar-refractivity contribution in [1.82, 2.24) is 5.32 Å².